The lowest BCUT2D eigenvalue weighted by Gasteiger charge is -2.09. The monoisotopic (exact) mass is 286 g/mol. The Labute approximate surface area is 123 Å². The molecule has 21 heavy (non-hydrogen) atoms. The highest BCUT2D eigenvalue weighted by atomic mass is 16.6. The lowest BCUT2D eigenvalue weighted by Crippen LogP contribution is -2.11. The number of benzene rings is 2. The number of ether oxygens (including phenoxy) is 1. The Morgan fingerprint density at radius 2 is 2.05 bits per heavy atom. The van der Waals surface area contributed by atoms with E-state index in [1.807, 2.05) is 32.0 Å². The quantitative estimate of drug-likeness (QED) is 0.648. The average Bonchev–Trinajstić information content (AvgIpc) is 2.47. The molecule has 0 radical (unpaired) electrons. The van der Waals surface area contributed by atoms with Crippen LogP contribution in [-0.4, -0.2) is 11.5 Å². The minimum Gasteiger partial charge on any atom is -0.450 e. The maximum atomic E-state index is 11.1. The van der Waals surface area contributed by atoms with E-state index < -0.39 is 4.92 Å². The van der Waals surface area contributed by atoms with Gasteiger partial charge >= 0.3 is 5.69 Å². The van der Waals surface area contributed by atoms with Gasteiger partial charge in [0.1, 0.15) is 5.75 Å². The van der Waals surface area contributed by atoms with Gasteiger partial charge in [-0.25, -0.2) is 0 Å². The van der Waals surface area contributed by atoms with Crippen LogP contribution in [0.4, 0.5) is 5.69 Å². The van der Waals surface area contributed by atoms with Crippen molar-refractivity contribution in [2.24, 2.45) is 0 Å². The van der Waals surface area contributed by atoms with Crippen LogP contribution < -0.4 is 10.1 Å². The molecule has 0 heterocycles. The number of nitro benzene ring substituents is 1. The van der Waals surface area contributed by atoms with Crippen LogP contribution in [-0.2, 0) is 6.54 Å². The summed E-state index contributed by atoms with van der Waals surface area (Å²) in [7, 11) is 0. The molecule has 0 aliphatic carbocycles. The zero-order valence-corrected chi connectivity index (χ0v) is 12.1. The van der Waals surface area contributed by atoms with Gasteiger partial charge in [0.2, 0.25) is 5.75 Å². The second kappa shape index (κ2) is 6.85. The van der Waals surface area contributed by atoms with Crippen molar-refractivity contribution in [3.05, 3.63) is 63.7 Å². The van der Waals surface area contributed by atoms with Crippen molar-refractivity contribution in [2.75, 3.05) is 6.54 Å². The molecule has 0 atom stereocenters. The first-order valence-electron chi connectivity index (χ1n) is 6.82. The number of hydrogen-bond acceptors (Lipinski definition) is 4. The number of nitro groups is 1. The van der Waals surface area contributed by atoms with Gasteiger partial charge in [-0.1, -0.05) is 25.1 Å². The Hall–Kier alpha value is -2.40. The standard InChI is InChI=1S/C16H18N2O3/c1-3-17-11-13-5-4-6-14(10-13)21-16-8-7-12(2)9-15(16)18(19)20/h4-10,17H,3,11H2,1-2H3. The molecule has 5 nitrogen and oxygen atoms in total. The number of nitrogens with zero attached hydrogens (tertiary/aromatic N) is 1. The molecule has 0 saturated heterocycles. The molecule has 1 N–H and O–H groups in total. The summed E-state index contributed by atoms with van der Waals surface area (Å²) in [5, 5.41) is 14.3. The zero-order chi connectivity index (χ0) is 15.2. The van der Waals surface area contributed by atoms with Crippen molar-refractivity contribution in [1.29, 1.82) is 0 Å². The lowest BCUT2D eigenvalue weighted by atomic mass is 10.2. The fraction of sp³-hybridized carbons (Fsp3) is 0.250. The van der Waals surface area contributed by atoms with E-state index in [0.29, 0.717) is 5.75 Å². The second-order valence-corrected chi connectivity index (χ2v) is 4.76. The van der Waals surface area contributed by atoms with Crippen molar-refractivity contribution in [3.63, 3.8) is 0 Å². The van der Waals surface area contributed by atoms with Gasteiger partial charge in [0.15, 0.2) is 0 Å². The maximum absolute atomic E-state index is 11.1. The van der Waals surface area contributed by atoms with Crippen LogP contribution in [0.3, 0.4) is 0 Å². The van der Waals surface area contributed by atoms with E-state index in [0.717, 1.165) is 24.2 Å². The first kappa shape index (κ1) is 15.0. The van der Waals surface area contributed by atoms with E-state index >= 15 is 0 Å². The predicted molar refractivity (Wildman–Crippen MR) is 81.7 cm³/mol. The lowest BCUT2D eigenvalue weighted by molar-refractivity contribution is -0.385. The summed E-state index contributed by atoms with van der Waals surface area (Å²) < 4.78 is 5.68. The summed E-state index contributed by atoms with van der Waals surface area (Å²) >= 11 is 0. The Morgan fingerprint density at radius 1 is 1.24 bits per heavy atom. The second-order valence-electron chi connectivity index (χ2n) is 4.76. The third-order valence-electron chi connectivity index (χ3n) is 3.02. The molecule has 0 aromatic heterocycles. The molecule has 0 aliphatic rings. The summed E-state index contributed by atoms with van der Waals surface area (Å²) in [4.78, 5) is 10.7. The van der Waals surface area contributed by atoms with Crippen LogP contribution in [0, 0.1) is 17.0 Å². The van der Waals surface area contributed by atoms with Gasteiger partial charge in [-0.05, 0) is 42.8 Å². The fourth-order valence-electron chi connectivity index (χ4n) is 1.97. The molecule has 5 heteroatoms. The molecule has 0 unspecified atom stereocenters. The van der Waals surface area contributed by atoms with E-state index in [1.54, 1.807) is 18.2 Å². The van der Waals surface area contributed by atoms with E-state index in [-0.39, 0.29) is 11.4 Å². The van der Waals surface area contributed by atoms with Crippen LogP contribution >= 0.6 is 0 Å². The van der Waals surface area contributed by atoms with E-state index in [9.17, 15) is 10.1 Å². The number of nitrogens with one attached hydrogen (secondary N) is 1. The highest BCUT2D eigenvalue weighted by Crippen LogP contribution is 2.32. The Morgan fingerprint density at radius 3 is 2.76 bits per heavy atom. The fourth-order valence-corrected chi connectivity index (χ4v) is 1.97. The Bertz CT molecular complexity index is 641. The summed E-state index contributed by atoms with van der Waals surface area (Å²) in [6.45, 7) is 5.47. The smallest absolute Gasteiger partial charge is 0.311 e. The molecule has 2 rings (SSSR count). The van der Waals surface area contributed by atoms with Gasteiger partial charge in [0.05, 0.1) is 4.92 Å². The van der Waals surface area contributed by atoms with Crippen molar-refractivity contribution < 1.29 is 9.66 Å². The molecule has 2 aromatic carbocycles. The summed E-state index contributed by atoms with van der Waals surface area (Å²) in [6, 6.07) is 12.5. The van der Waals surface area contributed by atoms with Gasteiger partial charge in [0.25, 0.3) is 0 Å². The number of hydrogen-bond donors (Lipinski definition) is 1. The first-order chi connectivity index (χ1) is 10.1. The summed E-state index contributed by atoms with van der Waals surface area (Å²) in [5.41, 5.74) is 1.88. The predicted octanol–water partition coefficient (Wildman–Crippen LogP) is 3.81. The van der Waals surface area contributed by atoms with Gasteiger partial charge in [0, 0.05) is 12.6 Å². The van der Waals surface area contributed by atoms with E-state index in [4.69, 9.17) is 4.74 Å². The SMILES string of the molecule is CCNCc1cccc(Oc2ccc(C)cc2[N+](=O)[O-])c1. The van der Waals surface area contributed by atoms with Crippen LogP contribution in [0.2, 0.25) is 0 Å². The first-order valence-corrected chi connectivity index (χ1v) is 6.82. The van der Waals surface area contributed by atoms with Crippen LogP contribution in [0.25, 0.3) is 0 Å². The van der Waals surface area contributed by atoms with Crippen LogP contribution in [0.15, 0.2) is 42.5 Å². The molecule has 0 fully saturated rings. The number of aryl methyl sites for hydroxylation is 1. The highest BCUT2D eigenvalue weighted by Gasteiger charge is 2.15. The highest BCUT2D eigenvalue weighted by molar-refractivity contribution is 5.50. The van der Waals surface area contributed by atoms with Crippen molar-refractivity contribution >= 4 is 5.69 Å². The van der Waals surface area contributed by atoms with E-state index in [1.165, 1.54) is 6.07 Å². The number of rotatable bonds is 6. The van der Waals surface area contributed by atoms with Gasteiger partial charge in [-0.2, -0.15) is 0 Å². The molecule has 0 aliphatic heterocycles. The molecular weight excluding hydrogens is 268 g/mol. The molecule has 0 bridgehead atoms. The van der Waals surface area contributed by atoms with Gasteiger partial charge in [-0.3, -0.25) is 10.1 Å². The maximum Gasteiger partial charge on any atom is 0.311 e. The molecule has 0 amide bonds. The van der Waals surface area contributed by atoms with Crippen LogP contribution in [0.5, 0.6) is 11.5 Å². The van der Waals surface area contributed by atoms with Crippen molar-refractivity contribution in [1.82, 2.24) is 5.32 Å². The van der Waals surface area contributed by atoms with Crippen molar-refractivity contribution in [3.8, 4) is 11.5 Å². The molecule has 2 aromatic rings. The molecular formula is C16H18N2O3. The Kier molecular flexibility index (Phi) is 4.90. The average molecular weight is 286 g/mol. The topological polar surface area (TPSA) is 64.4 Å². The minimum atomic E-state index is -0.426. The van der Waals surface area contributed by atoms with E-state index in [2.05, 4.69) is 5.32 Å². The largest absolute Gasteiger partial charge is 0.450 e. The van der Waals surface area contributed by atoms with Gasteiger partial charge < -0.3 is 10.1 Å². The zero-order valence-electron chi connectivity index (χ0n) is 12.1. The third kappa shape index (κ3) is 4.03. The molecule has 110 valence electrons. The third-order valence-corrected chi connectivity index (χ3v) is 3.02. The summed E-state index contributed by atoms with van der Waals surface area (Å²) in [6.07, 6.45) is 0. The van der Waals surface area contributed by atoms with Gasteiger partial charge in [-0.15, -0.1) is 0 Å². The molecule has 0 saturated carbocycles. The minimum absolute atomic E-state index is 0.0212. The normalized spacial score (nSPS) is 10.4. The van der Waals surface area contributed by atoms with Crippen molar-refractivity contribution in [2.45, 2.75) is 20.4 Å². The van der Waals surface area contributed by atoms with Crippen LogP contribution in [0.1, 0.15) is 18.1 Å². The summed E-state index contributed by atoms with van der Waals surface area (Å²) in [5.74, 6) is 0.851. The molecule has 0 spiro atoms. The Balaban J connectivity index is 2.24.